The minimum Gasteiger partial charge on any atom is -0.396 e. The Hall–Kier alpha value is -1.000. The van der Waals surface area contributed by atoms with Crippen molar-refractivity contribution in [2.75, 3.05) is 18.1 Å². The smallest absolute Gasteiger partial charge is 0.230 e. The van der Waals surface area contributed by atoms with Crippen LogP contribution >= 0.6 is 11.8 Å². The molecule has 1 aromatic carbocycles. The van der Waals surface area contributed by atoms with Crippen molar-refractivity contribution < 1.29 is 9.90 Å². The highest BCUT2D eigenvalue weighted by atomic mass is 32.2. The number of benzene rings is 1. The van der Waals surface area contributed by atoms with Gasteiger partial charge < -0.3 is 10.4 Å². The van der Waals surface area contributed by atoms with Crippen molar-refractivity contribution in [1.82, 2.24) is 5.32 Å². The van der Waals surface area contributed by atoms with E-state index < -0.39 is 0 Å². The van der Waals surface area contributed by atoms with Crippen LogP contribution < -0.4 is 5.32 Å². The molecule has 94 valence electrons. The molecular weight excluding hydrogens is 234 g/mol. The van der Waals surface area contributed by atoms with E-state index in [-0.39, 0.29) is 18.6 Å². The van der Waals surface area contributed by atoms with Gasteiger partial charge in [-0.15, -0.1) is 11.8 Å². The van der Waals surface area contributed by atoms with Crippen LogP contribution in [0.4, 0.5) is 0 Å². The molecule has 0 aliphatic carbocycles. The number of amides is 1. The van der Waals surface area contributed by atoms with E-state index >= 15 is 0 Å². The molecule has 1 aromatic rings. The summed E-state index contributed by atoms with van der Waals surface area (Å²) >= 11 is 1.44. The Bertz CT molecular complexity index is 368. The number of nitrogens with one attached hydrogen (secondary N) is 1. The highest BCUT2D eigenvalue weighted by Crippen LogP contribution is 2.16. The molecule has 2 N–H and O–H groups in total. The number of rotatable bonds is 6. The van der Waals surface area contributed by atoms with Gasteiger partial charge in [0.25, 0.3) is 0 Å². The molecule has 0 saturated heterocycles. The second-order valence-electron chi connectivity index (χ2n) is 3.92. The SMILES string of the molecule is Cc1ccccc1C(C)NC(=O)CSCCO. The van der Waals surface area contributed by atoms with E-state index in [1.165, 1.54) is 17.3 Å². The van der Waals surface area contributed by atoms with Crippen LogP contribution in [0.3, 0.4) is 0 Å². The molecule has 1 unspecified atom stereocenters. The van der Waals surface area contributed by atoms with Crippen molar-refractivity contribution >= 4 is 17.7 Å². The fourth-order valence-corrected chi connectivity index (χ4v) is 2.21. The van der Waals surface area contributed by atoms with E-state index in [0.717, 1.165) is 5.56 Å². The quantitative estimate of drug-likeness (QED) is 0.761. The van der Waals surface area contributed by atoms with Crippen LogP contribution in [-0.4, -0.2) is 29.1 Å². The Balaban J connectivity index is 2.46. The van der Waals surface area contributed by atoms with Crippen LogP contribution in [-0.2, 0) is 4.79 Å². The molecule has 0 spiro atoms. The highest BCUT2D eigenvalue weighted by Gasteiger charge is 2.10. The lowest BCUT2D eigenvalue weighted by molar-refractivity contribution is -0.119. The van der Waals surface area contributed by atoms with Crippen LogP contribution in [0.2, 0.25) is 0 Å². The van der Waals surface area contributed by atoms with Gasteiger partial charge in [-0.05, 0) is 25.0 Å². The zero-order chi connectivity index (χ0) is 12.7. The topological polar surface area (TPSA) is 49.3 Å². The number of hydrogen-bond donors (Lipinski definition) is 2. The molecule has 0 aromatic heterocycles. The molecule has 0 aliphatic rings. The molecule has 0 heterocycles. The maximum Gasteiger partial charge on any atom is 0.230 e. The molecule has 0 bridgehead atoms. The highest BCUT2D eigenvalue weighted by molar-refractivity contribution is 7.99. The molecule has 1 rings (SSSR count). The predicted molar refractivity (Wildman–Crippen MR) is 72.1 cm³/mol. The molecule has 1 amide bonds. The first-order valence-corrected chi connectivity index (χ1v) is 6.84. The lowest BCUT2D eigenvalue weighted by Crippen LogP contribution is -2.28. The third kappa shape index (κ3) is 4.79. The van der Waals surface area contributed by atoms with E-state index in [0.29, 0.717) is 11.5 Å². The second kappa shape index (κ2) is 7.35. The first kappa shape index (κ1) is 14.1. The summed E-state index contributed by atoms with van der Waals surface area (Å²) in [5, 5.41) is 11.6. The number of carbonyl (C=O) groups excluding carboxylic acids is 1. The summed E-state index contributed by atoms with van der Waals surface area (Å²) in [5.74, 6) is 1.02. The largest absolute Gasteiger partial charge is 0.396 e. The Morgan fingerprint density at radius 3 is 2.82 bits per heavy atom. The third-order valence-electron chi connectivity index (χ3n) is 2.50. The second-order valence-corrected chi connectivity index (χ2v) is 5.03. The summed E-state index contributed by atoms with van der Waals surface area (Å²) in [5.41, 5.74) is 2.33. The van der Waals surface area contributed by atoms with Gasteiger partial charge in [0.2, 0.25) is 5.91 Å². The van der Waals surface area contributed by atoms with Gasteiger partial charge in [-0.2, -0.15) is 0 Å². The molecule has 4 heteroatoms. The van der Waals surface area contributed by atoms with Crippen LogP contribution in [0.1, 0.15) is 24.1 Å². The van der Waals surface area contributed by atoms with E-state index in [1.54, 1.807) is 0 Å². The zero-order valence-corrected chi connectivity index (χ0v) is 11.1. The Labute approximate surface area is 107 Å². The average molecular weight is 253 g/mol. The lowest BCUT2D eigenvalue weighted by atomic mass is 10.0. The summed E-state index contributed by atoms with van der Waals surface area (Å²) in [4.78, 5) is 11.6. The summed E-state index contributed by atoms with van der Waals surface area (Å²) in [6, 6.07) is 8.06. The fourth-order valence-electron chi connectivity index (χ4n) is 1.66. The van der Waals surface area contributed by atoms with Crippen LogP contribution in [0.25, 0.3) is 0 Å². The van der Waals surface area contributed by atoms with Crippen molar-refractivity contribution in [3.63, 3.8) is 0 Å². The maximum absolute atomic E-state index is 11.6. The third-order valence-corrected chi connectivity index (χ3v) is 3.44. The minimum absolute atomic E-state index is 0.0132. The molecule has 3 nitrogen and oxygen atoms in total. The standard InChI is InChI=1S/C13H19NO2S/c1-10-5-3-4-6-12(10)11(2)14-13(16)9-17-8-7-15/h3-6,11,15H,7-9H2,1-2H3,(H,14,16). The first-order chi connectivity index (χ1) is 8.15. The Morgan fingerprint density at radius 1 is 1.47 bits per heavy atom. The molecule has 17 heavy (non-hydrogen) atoms. The lowest BCUT2D eigenvalue weighted by Gasteiger charge is -2.16. The molecule has 0 saturated carbocycles. The number of hydrogen-bond acceptors (Lipinski definition) is 3. The van der Waals surface area contributed by atoms with Gasteiger partial charge in [0.1, 0.15) is 0 Å². The predicted octanol–water partition coefficient (Wildman–Crippen LogP) is 1.90. The summed E-state index contributed by atoms with van der Waals surface area (Å²) in [6.45, 7) is 4.14. The number of carbonyl (C=O) groups is 1. The molecule has 0 radical (unpaired) electrons. The van der Waals surface area contributed by atoms with Crippen molar-refractivity contribution in [3.05, 3.63) is 35.4 Å². The van der Waals surface area contributed by atoms with Gasteiger partial charge in [-0.3, -0.25) is 4.79 Å². The van der Waals surface area contributed by atoms with Gasteiger partial charge in [0.15, 0.2) is 0 Å². The van der Waals surface area contributed by atoms with Crippen molar-refractivity contribution in [3.8, 4) is 0 Å². The molecule has 0 fully saturated rings. The zero-order valence-electron chi connectivity index (χ0n) is 10.3. The maximum atomic E-state index is 11.6. The van der Waals surface area contributed by atoms with Crippen LogP contribution in [0.15, 0.2) is 24.3 Å². The summed E-state index contributed by atoms with van der Waals surface area (Å²) in [6.07, 6.45) is 0. The van der Waals surface area contributed by atoms with Crippen LogP contribution in [0.5, 0.6) is 0 Å². The number of thioether (sulfide) groups is 1. The van der Waals surface area contributed by atoms with Gasteiger partial charge in [0, 0.05) is 5.75 Å². The first-order valence-electron chi connectivity index (χ1n) is 5.68. The number of aliphatic hydroxyl groups excluding tert-OH is 1. The Kier molecular flexibility index (Phi) is 6.08. The Morgan fingerprint density at radius 2 is 2.18 bits per heavy atom. The van der Waals surface area contributed by atoms with Crippen molar-refractivity contribution in [2.45, 2.75) is 19.9 Å². The number of aliphatic hydroxyl groups is 1. The summed E-state index contributed by atoms with van der Waals surface area (Å²) in [7, 11) is 0. The van der Waals surface area contributed by atoms with E-state index in [9.17, 15) is 4.79 Å². The number of aryl methyl sites for hydroxylation is 1. The fraction of sp³-hybridized carbons (Fsp3) is 0.462. The molecule has 1 atom stereocenters. The molecule has 0 aliphatic heterocycles. The van der Waals surface area contributed by atoms with Gasteiger partial charge in [-0.1, -0.05) is 24.3 Å². The van der Waals surface area contributed by atoms with Crippen LogP contribution in [0, 0.1) is 6.92 Å². The summed E-state index contributed by atoms with van der Waals surface area (Å²) < 4.78 is 0. The molecular formula is C13H19NO2S. The van der Waals surface area contributed by atoms with Crippen molar-refractivity contribution in [2.24, 2.45) is 0 Å². The van der Waals surface area contributed by atoms with E-state index in [1.807, 2.05) is 38.1 Å². The van der Waals surface area contributed by atoms with E-state index in [4.69, 9.17) is 5.11 Å². The average Bonchev–Trinajstić information content (AvgIpc) is 2.29. The van der Waals surface area contributed by atoms with Crippen molar-refractivity contribution in [1.29, 1.82) is 0 Å². The monoisotopic (exact) mass is 253 g/mol. The van der Waals surface area contributed by atoms with Gasteiger partial charge >= 0.3 is 0 Å². The van der Waals surface area contributed by atoms with Gasteiger partial charge in [0.05, 0.1) is 18.4 Å². The van der Waals surface area contributed by atoms with Gasteiger partial charge in [-0.25, -0.2) is 0 Å². The minimum atomic E-state index is 0.0132. The van der Waals surface area contributed by atoms with E-state index in [2.05, 4.69) is 5.32 Å². The normalized spacial score (nSPS) is 12.2.